The number of thioether (sulfide) groups is 1. The zero-order valence-electron chi connectivity index (χ0n) is 11.5. The normalized spacial score (nSPS) is 23.5. The van der Waals surface area contributed by atoms with Crippen LogP contribution < -0.4 is 16.0 Å². The first-order valence-electron chi connectivity index (χ1n) is 6.86. The molecule has 8 heteroatoms. The van der Waals surface area contributed by atoms with Gasteiger partial charge in [-0.25, -0.2) is 9.18 Å². The summed E-state index contributed by atoms with van der Waals surface area (Å²) in [5.74, 6) is -0.441. The van der Waals surface area contributed by atoms with Crippen LogP contribution in [0.3, 0.4) is 0 Å². The van der Waals surface area contributed by atoms with Crippen LogP contribution in [-0.2, 0) is 9.59 Å². The summed E-state index contributed by atoms with van der Waals surface area (Å²) in [7, 11) is 0. The lowest BCUT2D eigenvalue weighted by Gasteiger charge is -2.26. The zero-order chi connectivity index (χ0) is 15.7. The van der Waals surface area contributed by atoms with Crippen molar-refractivity contribution in [1.82, 2.24) is 16.0 Å². The third-order valence-electron chi connectivity index (χ3n) is 3.61. The predicted molar refractivity (Wildman–Crippen MR) is 77.7 cm³/mol. The Morgan fingerprint density at radius 1 is 1.41 bits per heavy atom. The Labute approximate surface area is 130 Å². The van der Waals surface area contributed by atoms with E-state index in [9.17, 15) is 18.8 Å². The number of fused-ring (bicyclic) bond motifs is 1. The Morgan fingerprint density at radius 2 is 2.23 bits per heavy atom. The molecule has 22 heavy (non-hydrogen) atoms. The molecular formula is C14H14FN3O3S. The molecule has 2 heterocycles. The molecule has 116 valence electrons. The average Bonchev–Trinajstić information content (AvgIpc) is 2.78. The van der Waals surface area contributed by atoms with Crippen LogP contribution in [0.1, 0.15) is 24.4 Å². The summed E-state index contributed by atoms with van der Waals surface area (Å²) in [5, 5.41) is 7.27. The first-order chi connectivity index (χ1) is 10.5. The molecule has 0 radical (unpaired) electrons. The van der Waals surface area contributed by atoms with E-state index in [4.69, 9.17) is 0 Å². The van der Waals surface area contributed by atoms with Crippen LogP contribution >= 0.6 is 11.8 Å². The molecule has 3 rings (SSSR count). The van der Waals surface area contributed by atoms with Gasteiger partial charge in [-0.05, 0) is 18.1 Å². The molecule has 3 N–H and O–H groups in total. The van der Waals surface area contributed by atoms with Crippen LogP contribution in [0.5, 0.6) is 0 Å². The van der Waals surface area contributed by atoms with E-state index in [2.05, 4.69) is 16.0 Å². The van der Waals surface area contributed by atoms with E-state index in [1.54, 1.807) is 12.1 Å². The molecule has 2 aliphatic rings. The fourth-order valence-electron chi connectivity index (χ4n) is 2.58. The predicted octanol–water partition coefficient (Wildman–Crippen LogP) is 1.08. The summed E-state index contributed by atoms with van der Waals surface area (Å²) in [6, 6.07) is 3.08. The van der Waals surface area contributed by atoms with Gasteiger partial charge in [0, 0.05) is 10.6 Å². The second kappa shape index (κ2) is 5.96. The van der Waals surface area contributed by atoms with Crippen molar-refractivity contribution in [3.8, 4) is 0 Å². The summed E-state index contributed by atoms with van der Waals surface area (Å²) in [6.07, 6.45) is 0.557. The fraction of sp³-hybridized carbons (Fsp3) is 0.357. The highest BCUT2D eigenvalue weighted by Crippen LogP contribution is 2.37. The maximum absolute atomic E-state index is 13.8. The number of carbonyl (C=O) groups is 3. The Balaban J connectivity index is 1.67. The van der Waals surface area contributed by atoms with Gasteiger partial charge in [0.15, 0.2) is 0 Å². The summed E-state index contributed by atoms with van der Waals surface area (Å²) in [4.78, 5) is 35.1. The molecule has 1 saturated heterocycles. The van der Waals surface area contributed by atoms with E-state index in [1.807, 2.05) is 0 Å². The van der Waals surface area contributed by atoms with E-state index in [0.717, 1.165) is 5.56 Å². The third kappa shape index (κ3) is 2.92. The highest BCUT2D eigenvalue weighted by Gasteiger charge is 2.32. The number of benzene rings is 1. The number of hydrogen-bond acceptors (Lipinski definition) is 4. The largest absolute Gasteiger partial charge is 0.349 e. The van der Waals surface area contributed by atoms with Gasteiger partial charge in [-0.2, -0.15) is 0 Å². The van der Waals surface area contributed by atoms with E-state index in [0.29, 0.717) is 17.1 Å². The third-order valence-corrected chi connectivity index (χ3v) is 4.77. The van der Waals surface area contributed by atoms with Crippen molar-refractivity contribution in [1.29, 1.82) is 0 Å². The number of rotatable bonds is 3. The fourth-order valence-corrected chi connectivity index (χ4v) is 3.72. The zero-order valence-corrected chi connectivity index (χ0v) is 12.3. The van der Waals surface area contributed by atoms with Gasteiger partial charge in [0.1, 0.15) is 11.9 Å². The molecule has 0 spiro atoms. The van der Waals surface area contributed by atoms with Crippen LogP contribution in [-0.4, -0.2) is 29.6 Å². The van der Waals surface area contributed by atoms with Gasteiger partial charge in [-0.3, -0.25) is 14.9 Å². The Hall–Kier alpha value is -2.09. The van der Waals surface area contributed by atoms with E-state index in [-0.39, 0.29) is 24.2 Å². The molecule has 1 aromatic rings. The number of imide groups is 1. The SMILES string of the molecule is O=C(C[C@H]1NC(=O)NC1=O)N[C@H]1CCSc2c(F)cccc21. The monoisotopic (exact) mass is 323 g/mol. The molecule has 0 aromatic heterocycles. The minimum Gasteiger partial charge on any atom is -0.349 e. The quantitative estimate of drug-likeness (QED) is 0.726. The van der Waals surface area contributed by atoms with Crippen LogP contribution in [0.4, 0.5) is 9.18 Å². The summed E-state index contributed by atoms with van der Waals surface area (Å²) < 4.78 is 13.8. The number of halogens is 1. The van der Waals surface area contributed by atoms with Crippen molar-refractivity contribution in [2.75, 3.05) is 5.75 Å². The molecule has 0 unspecified atom stereocenters. The van der Waals surface area contributed by atoms with Crippen LogP contribution in [0.15, 0.2) is 23.1 Å². The molecule has 0 saturated carbocycles. The number of nitrogens with one attached hydrogen (secondary N) is 3. The van der Waals surface area contributed by atoms with Gasteiger partial charge in [0.2, 0.25) is 5.91 Å². The van der Waals surface area contributed by atoms with Gasteiger partial charge in [0.25, 0.3) is 5.91 Å². The summed E-state index contributed by atoms with van der Waals surface area (Å²) >= 11 is 1.43. The number of carbonyl (C=O) groups excluding carboxylic acids is 3. The molecule has 0 aliphatic carbocycles. The van der Waals surface area contributed by atoms with Crippen LogP contribution in [0.25, 0.3) is 0 Å². The topological polar surface area (TPSA) is 87.3 Å². The second-order valence-electron chi connectivity index (χ2n) is 5.13. The Morgan fingerprint density at radius 3 is 2.95 bits per heavy atom. The molecule has 0 bridgehead atoms. The average molecular weight is 323 g/mol. The summed E-state index contributed by atoms with van der Waals surface area (Å²) in [5.41, 5.74) is 0.754. The first-order valence-corrected chi connectivity index (χ1v) is 7.85. The van der Waals surface area contributed by atoms with Crippen molar-refractivity contribution in [3.05, 3.63) is 29.6 Å². The van der Waals surface area contributed by atoms with Crippen molar-refractivity contribution in [2.45, 2.75) is 29.8 Å². The molecule has 4 amide bonds. The lowest BCUT2D eigenvalue weighted by molar-refractivity contribution is -0.126. The van der Waals surface area contributed by atoms with Crippen LogP contribution in [0, 0.1) is 5.82 Å². The Bertz CT molecular complexity index is 652. The maximum Gasteiger partial charge on any atom is 0.322 e. The maximum atomic E-state index is 13.8. The molecular weight excluding hydrogens is 309 g/mol. The number of hydrogen-bond donors (Lipinski definition) is 3. The lowest BCUT2D eigenvalue weighted by atomic mass is 10.0. The van der Waals surface area contributed by atoms with Gasteiger partial charge in [-0.15, -0.1) is 11.8 Å². The lowest BCUT2D eigenvalue weighted by Crippen LogP contribution is -2.38. The van der Waals surface area contributed by atoms with Crippen molar-refractivity contribution in [2.24, 2.45) is 0 Å². The van der Waals surface area contributed by atoms with Gasteiger partial charge >= 0.3 is 6.03 Å². The minimum absolute atomic E-state index is 0.133. The molecule has 1 fully saturated rings. The smallest absolute Gasteiger partial charge is 0.322 e. The van der Waals surface area contributed by atoms with Crippen molar-refractivity contribution in [3.63, 3.8) is 0 Å². The van der Waals surface area contributed by atoms with Gasteiger partial charge < -0.3 is 10.6 Å². The van der Waals surface area contributed by atoms with E-state index in [1.165, 1.54) is 17.8 Å². The highest BCUT2D eigenvalue weighted by molar-refractivity contribution is 7.99. The van der Waals surface area contributed by atoms with Gasteiger partial charge in [-0.1, -0.05) is 12.1 Å². The minimum atomic E-state index is -0.850. The summed E-state index contributed by atoms with van der Waals surface area (Å²) in [6.45, 7) is 0. The van der Waals surface area contributed by atoms with Crippen molar-refractivity contribution >= 4 is 29.6 Å². The number of urea groups is 1. The molecule has 1 aromatic carbocycles. The van der Waals surface area contributed by atoms with Crippen LogP contribution in [0.2, 0.25) is 0 Å². The van der Waals surface area contributed by atoms with Crippen molar-refractivity contribution < 1.29 is 18.8 Å². The van der Waals surface area contributed by atoms with Gasteiger partial charge in [0.05, 0.1) is 12.5 Å². The standard InChI is InChI=1S/C14H14FN3O3S/c15-8-3-1-2-7-9(4-5-22-12(7)8)16-11(19)6-10-13(20)18-14(21)17-10/h1-3,9-10H,4-6H2,(H,16,19)(H2,17,18,20,21)/t9-,10+/m0/s1. The van der Waals surface area contributed by atoms with E-state index >= 15 is 0 Å². The Kier molecular flexibility index (Phi) is 4.02. The molecule has 2 aliphatic heterocycles. The first kappa shape index (κ1) is 14.8. The van der Waals surface area contributed by atoms with E-state index < -0.39 is 18.0 Å². The second-order valence-corrected chi connectivity index (χ2v) is 6.24. The number of amides is 4. The molecule has 6 nitrogen and oxygen atoms in total. The molecule has 2 atom stereocenters. The highest BCUT2D eigenvalue weighted by atomic mass is 32.2.